The summed E-state index contributed by atoms with van der Waals surface area (Å²) >= 11 is 0. The Hall–Kier alpha value is -4.02. The van der Waals surface area contributed by atoms with Crippen molar-refractivity contribution < 1.29 is 39.2 Å². The fourth-order valence-electron chi connectivity index (χ4n) is 5.79. The van der Waals surface area contributed by atoms with E-state index in [1.54, 1.807) is 6.07 Å². The summed E-state index contributed by atoms with van der Waals surface area (Å²) in [7, 11) is 0. The maximum atomic E-state index is 13.7. The molecule has 3 aliphatic carbocycles. The van der Waals surface area contributed by atoms with Gasteiger partial charge in [0.2, 0.25) is 5.78 Å². The highest BCUT2D eigenvalue weighted by atomic mass is 19.1. The lowest BCUT2D eigenvalue weighted by Crippen LogP contribution is -2.57. The first-order chi connectivity index (χ1) is 17.0. The fourth-order valence-corrected chi connectivity index (χ4v) is 5.79. The molecule has 0 unspecified atom stereocenters. The predicted octanol–water partition coefficient (Wildman–Crippen LogP) is 1.85. The highest BCUT2D eigenvalue weighted by Crippen LogP contribution is 2.52. The molecule has 2 aromatic rings. The summed E-state index contributed by atoms with van der Waals surface area (Å²) in [6.45, 7) is -0.119. The smallest absolute Gasteiger partial charge is 0.255 e. The van der Waals surface area contributed by atoms with Crippen LogP contribution in [0.1, 0.15) is 34.3 Å². The third-order valence-corrected chi connectivity index (χ3v) is 7.52. The Balaban J connectivity index is 1.72. The van der Waals surface area contributed by atoms with Crippen LogP contribution in [-0.2, 0) is 22.6 Å². The van der Waals surface area contributed by atoms with Gasteiger partial charge in [0.05, 0.1) is 5.56 Å². The molecule has 186 valence electrons. The molecule has 0 fully saturated rings. The lowest BCUT2D eigenvalue weighted by molar-refractivity contribution is -0.144. The number of phenolic OH excluding ortho intramolecular Hbond substituents is 1. The fraction of sp³-hybridized carbons (Fsp3) is 0.269. The van der Waals surface area contributed by atoms with E-state index in [0.717, 1.165) is 0 Å². The highest BCUT2D eigenvalue weighted by molar-refractivity contribution is 6.24. The van der Waals surface area contributed by atoms with E-state index in [-0.39, 0.29) is 48.3 Å². The van der Waals surface area contributed by atoms with Gasteiger partial charge in [-0.15, -0.1) is 0 Å². The van der Waals surface area contributed by atoms with Gasteiger partial charge in [-0.25, -0.2) is 4.39 Å². The van der Waals surface area contributed by atoms with Crippen molar-refractivity contribution in [1.82, 2.24) is 0 Å². The van der Waals surface area contributed by atoms with Gasteiger partial charge in [-0.3, -0.25) is 14.4 Å². The van der Waals surface area contributed by atoms with Gasteiger partial charge >= 0.3 is 0 Å². The molecule has 2 aromatic carbocycles. The molecule has 0 bridgehead atoms. The van der Waals surface area contributed by atoms with E-state index in [1.165, 1.54) is 24.3 Å². The minimum atomic E-state index is -2.63. The van der Waals surface area contributed by atoms with Gasteiger partial charge in [0.15, 0.2) is 11.4 Å². The number of Topliss-reactive ketones (excluding diaryl/α,β-unsaturated/α-hetero) is 2. The van der Waals surface area contributed by atoms with E-state index < -0.39 is 57.8 Å². The Bertz CT molecular complexity index is 1430. The number of rotatable bonds is 3. The molecule has 3 atom stereocenters. The van der Waals surface area contributed by atoms with Crippen molar-refractivity contribution >= 4 is 17.5 Å². The Morgan fingerprint density at radius 3 is 2.39 bits per heavy atom. The average Bonchev–Trinajstić information content (AvgIpc) is 2.82. The molecule has 5 rings (SSSR count). The largest absolute Gasteiger partial charge is 0.511 e. The minimum absolute atomic E-state index is 0.0190. The third kappa shape index (κ3) is 3.11. The molecule has 1 amide bonds. The number of allylic oxidation sites excluding steroid dienone is 2. The average molecular weight is 494 g/mol. The number of amides is 1. The summed E-state index contributed by atoms with van der Waals surface area (Å²) in [4.78, 5) is 38.5. The summed E-state index contributed by atoms with van der Waals surface area (Å²) in [5, 5.41) is 43.6. The van der Waals surface area contributed by atoms with E-state index >= 15 is 0 Å². The molecule has 0 saturated carbocycles. The summed E-state index contributed by atoms with van der Waals surface area (Å²) in [6, 6.07) is 7.21. The summed E-state index contributed by atoms with van der Waals surface area (Å²) < 4.78 is 13.6. The van der Waals surface area contributed by atoms with E-state index in [4.69, 9.17) is 11.5 Å². The Kier molecular flexibility index (Phi) is 5.27. The minimum Gasteiger partial charge on any atom is -0.511 e. The normalized spacial score (nSPS) is 25.4. The van der Waals surface area contributed by atoms with Gasteiger partial charge in [0.1, 0.15) is 28.7 Å². The van der Waals surface area contributed by atoms with E-state index in [1.807, 2.05) is 0 Å². The number of aromatic hydroxyl groups is 1. The zero-order chi connectivity index (χ0) is 26.1. The topological polar surface area (TPSA) is 184 Å². The van der Waals surface area contributed by atoms with Crippen LogP contribution in [0.15, 0.2) is 53.0 Å². The molecule has 0 heterocycles. The lowest BCUT2D eigenvalue weighted by atomic mass is 9.60. The van der Waals surface area contributed by atoms with Crippen LogP contribution in [0.25, 0.3) is 11.1 Å². The number of hydrogen-bond donors (Lipinski definition) is 6. The SMILES string of the molecule is NCc1cc(-c2ccc(F)cc2)c2c(c1O)C(=O)C1=C(O)[C@]3(O)C(=O)C(C(N)=O)=C(O)C[C@@H]3C[C@@H]1C2. The van der Waals surface area contributed by atoms with Crippen LogP contribution in [0.4, 0.5) is 4.39 Å². The Morgan fingerprint density at radius 2 is 1.78 bits per heavy atom. The van der Waals surface area contributed by atoms with Crippen molar-refractivity contribution in [2.24, 2.45) is 23.3 Å². The van der Waals surface area contributed by atoms with Crippen LogP contribution in [0.5, 0.6) is 5.75 Å². The van der Waals surface area contributed by atoms with Crippen molar-refractivity contribution in [2.45, 2.75) is 31.4 Å². The summed E-state index contributed by atoms with van der Waals surface area (Å²) in [5.41, 5.74) is 8.99. The first kappa shape index (κ1) is 23.7. The Morgan fingerprint density at radius 1 is 1.11 bits per heavy atom. The van der Waals surface area contributed by atoms with Crippen LogP contribution < -0.4 is 11.5 Å². The first-order valence-corrected chi connectivity index (χ1v) is 11.3. The standard InChI is InChI=1S/C26H23FN2O7/c27-14-3-1-10(2-4-14)15-7-12(9-28)21(31)19-16(15)6-11-5-13-8-17(30)20(25(29)35)24(34)26(13,36)23(33)18(11)22(19)32/h1-4,7,11,13,30-31,33,36H,5-6,8-9,28H2,(H2,29,35)/t11-,13+,26+/m1/s1. The number of carbonyl (C=O) groups excluding carboxylic acids is 3. The van der Waals surface area contributed by atoms with Gasteiger partial charge < -0.3 is 31.9 Å². The van der Waals surface area contributed by atoms with Gasteiger partial charge in [-0.1, -0.05) is 12.1 Å². The van der Waals surface area contributed by atoms with Gasteiger partial charge in [0.25, 0.3) is 5.91 Å². The number of aliphatic hydroxyl groups excluding tert-OH is 2. The second-order valence-electron chi connectivity index (χ2n) is 9.41. The third-order valence-electron chi connectivity index (χ3n) is 7.52. The molecule has 0 saturated heterocycles. The van der Waals surface area contributed by atoms with Crippen molar-refractivity contribution in [3.63, 3.8) is 0 Å². The van der Waals surface area contributed by atoms with Crippen LogP contribution in [0.3, 0.4) is 0 Å². The second kappa shape index (κ2) is 8.00. The molecular weight excluding hydrogens is 471 g/mol. The first-order valence-electron chi connectivity index (χ1n) is 11.3. The van der Waals surface area contributed by atoms with Crippen molar-refractivity contribution in [2.75, 3.05) is 0 Å². The highest BCUT2D eigenvalue weighted by Gasteiger charge is 2.59. The zero-order valence-electron chi connectivity index (χ0n) is 18.9. The van der Waals surface area contributed by atoms with Crippen LogP contribution in [-0.4, -0.2) is 43.5 Å². The lowest BCUT2D eigenvalue weighted by Gasteiger charge is -2.45. The molecule has 36 heavy (non-hydrogen) atoms. The molecule has 0 radical (unpaired) electrons. The number of nitrogens with two attached hydrogens (primary N) is 2. The number of phenols is 1. The van der Waals surface area contributed by atoms with Crippen molar-refractivity contribution in [3.05, 3.63) is 75.5 Å². The molecule has 0 aromatic heterocycles. The maximum Gasteiger partial charge on any atom is 0.255 e. The van der Waals surface area contributed by atoms with Gasteiger partial charge in [-0.05, 0) is 53.6 Å². The molecule has 8 N–H and O–H groups in total. The quantitative estimate of drug-likeness (QED) is 0.349. The number of hydrogen-bond acceptors (Lipinski definition) is 8. The summed E-state index contributed by atoms with van der Waals surface area (Å²) in [5.74, 6) is -7.38. The number of aliphatic hydroxyl groups is 3. The molecule has 0 aliphatic heterocycles. The van der Waals surface area contributed by atoms with Gasteiger partial charge in [-0.2, -0.15) is 0 Å². The van der Waals surface area contributed by atoms with Gasteiger partial charge in [0, 0.05) is 30.0 Å². The van der Waals surface area contributed by atoms with Crippen molar-refractivity contribution in [3.8, 4) is 16.9 Å². The molecule has 9 nitrogen and oxygen atoms in total. The monoisotopic (exact) mass is 494 g/mol. The van der Waals surface area contributed by atoms with Crippen LogP contribution in [0.2, 0.25) is 0 Å². The Labute approximate surface area is 204 Å². The van der Waals surface area contributed by atoms with E-state index in [9.17, 15) is 39.2 Å². The number of fused-ring (bicyclic) bond motifs is 3. The number of halogens is 1. The van der Waals surface area contributed by atoms with Crippen molar-refractivity contribution in [1.29, 1.82) is 0 Å². The molecule has 3 aliphatic rings. The summed E-state index contributed by atoms with van der Waals surface area (Å²) in [6.07, 6.45) is -0.151. The number of benzene rings is 2. The predicted molar refractivity (Wildman–Crippen MR) is 124 cm³/mol. The molecular formula is C26H23FN2O7. The zero-order valence-corrected chi connectivity index (χ0v) is 18.9. The molecule has 10 heteroatoms. The number of carbonyl (C=O) groups is 3. The molecule has 0 spiro atoms. The van der Waals surface area contributed by atoms with Crippen LogP contribution >= 0.6 is 0 Å². The number of ketones is 2. The van der Waals surface area contributed by atoms with E-state index in [2.05, 4.69) is 0 Å². The maximum absolute atomic E-state index is 13.7. The van der Waals surface area contributed by atoms with E-state index in [0.29, 0.717) is 16.7 Å². The number of primary amides is 1. The second-order valence-corrected chi connectivity index (χ2v) is 9.41. The van der Waals surface area contributed by atoms with Crippen LogP contribution in [0, 0.1) is 17.7 Å².